The lowest BCUT2D eigenvalue weighted by Gasteiger charge is -2.28. The van der Waals surface area contributed by atoms with Gasteiger partial charge in [0.1, 0.15) is 17.3 Å². The van der Waals surface area contributed by atoms with Crippen LogP contribution in [0.5, 0.6) is 11.5 Å². The van der Waals surface area contributed by atoms with Crippen molar-refractivity contribution in [1.29, 1.82) is 0 Å². The van der Waals surface area contributed by atoms with Crippen LogP contribution >= 0.6 is 11.3 Å². The number of halogens is 1. The summed E-state index contributed by atoms with van der Waals surface area (Å²) in [6, 6.07) is 15.9. The van der Waals surface area contributed by atoms with Gasteiger partial charge in [-0.3, -0.25) is 10.1 Å². The summed E-state index contributed by atoms with van der Waals surface area (Å²) >= 11 is 1.61. The molecule has 1 aliphatic rings. The number of likely N-dealkylation sites (tertiary alicyclic amines) is 1. The Hall–Kier alpha value is -2.90. The number of nitrogens with zero attached hydrogens (tertiary/aromatic N) is 1. The van der Waals surface area contributed by atoms with Crippen molar-refractivity contribution in [2.24, 2.45) is 0 Å². The minimum absolute atomic E-state index is 0.0287. The first-order valence-electron chi connectivity index (χ1n) is 10.6. The molecule has 1 amide bonds. The van der Waals surface area contributed by atoms with Gasteiger partial charge >= 0.3 is 0 Å². The lowest BCUT2D eigenvalue weighted by atomic mass is 10.0. The second-order valence-corrected chi connectivity index (χ2v) is 8.71. The molecule has 5 nitrogen and oxygen atoms in total. The number of amides is 1. The van der Waals surface area contributed by atoms with Gasteiger partial charge < -0.3 is 14.4 Å². The Kier molecular flexibility index (Phi) is 7.07. The van der Waals surface area contributed by atoms with E-state index >= 15 is 0 Å². The fourth-order valence-electron chi connectivity index (χ4n) is 4.27. The first-order valence-corrected chi connectivity index (χ1v) is 11.5. The number of nitrogens with one attached hydrogen (secondary N) is 1. The van der Waals surface area contributed by atoms with E-state index in [9.17, 15) is 9.18 Å². The quantitative estimate of drug-likeness (QED) is 0.523. The average molecular weight is 455 g/mol. The molecule has 0 spiro atoms. The zero-order chi connectivity index (χ0) is 22.5. The minimum atomic E-state index is -0.276. The fraction of sp³-hybridized carbons (Fsp3) is 0.320. The van der Waals surface area contributed by atoms with Crippen molar-refractivity contribution in [3.63, 3.8) is 0 Å². The third-order valence-electron chi connectivity index (χ3n) is 5.86. The molecule has 2 aromatic carbocycles. The highest BCUT2D eigenvalue weighted by Crippen LogP contribution is 2.39. The minimum Gasteiger partial charge on any atom is -0.497 e. The molecule has 2 atom stereocenters. The van der Waals surface area contributed by atoms with E-state index in [-0.39, 0.29) is 30.4 Å². The second-order valence-electron chi connectivity index (χ2n) is 7.73. The number of hydrogen-bond donors (Lipinski definition) is 1. The van der Waals surface area contributed by atoms with Crippen LogP contribution < -0.4 is 14.8 Å². The van der Waals surface area contributed by atoms with Crippen molar-refractivity contribution in [2.75, 3.05) is 27.3 Å². The van der Waals surface area contributed by atoms with Crippen LogP contribution in [-0.2, 0) is 4.79 Å². The lowest BCUT2D eigenvalue weighted by molar-refractivity contribution is -0.131. The van der Waals surface area contributed by atoms with Gasteiger partial charge in [0, 0.05) is 17.0 Å². The summed E-state index contributed by atoms with van der Waals surface area (Å²) in [5.41, 5.74) is 1.89. The van der Waals surface area contributed by atoms with Crippen LogP contribution in [-0.4, -0.2) is 38.1 Å². The van der Waals surface area contributed by atoms with E-state index in [1.165, 1.54) is 12.1 Å². The number of methoxy groups -OCH3 is 2. The van der Waals surface area contributed by atoms with Crippen molar-refractivity contribution in [2.45, 2.75) is 24.9 Å². The van der Waals surface area contributed by atoms with Gasteiger partial charge in [0.05, 0.1) is 32.8 Å². The van der Waals surface area contributed by atoms with Crippen molar-refractivity contribution in [3.8, 4) is 11.5 Å². The molecule has 168 valence electrons. The van der Waals surface area contributed by atoms with Gasteiger partial charge in [0.25, 0.3) is 0 Å². The molecule has 1 saturated heterocycles. The first-order chi connectivity index (χ1) is 15.6. The zero-order valence-electron chi connectivity index (χ0n) is 18.2. The van der Waals surface area contributed by atoms with E-state index < -0.39 is 0 Å². The van der Waals surface area contributed by atoms with Gasteiger partial charge in [-0.05, 0) is 60.2 Å². The average Bonchev–Trinajstić information content (AvgIpc) is 3.52. The largest absolute Gasteiger partial charge is 0.497 e. The molecule has 32 heavy (non-hydrogen) atoms. The molecule has 0 radical (unpaired) electrons. The van der Waals surface area contributed by atoms with E-state index in [1.807, 2.05) is 40.6 Å². The van der Waals surface area contributed by atoms with Gasteiger partial charge in [-0.25, -0.2) is 4.39 Å². The molecule has 2 heterocycles. The van der Waals surface area contributed by atoms with Crippen LogP contribution in [0.1, 0.15) is 40.9 Å². The summed E-state index contributed by atoms with van der Waals surface area (Å²) in [4.78, 5) is 16.3. The molecule has 0 unspecified atom stereocenters. The molecule has 7 heteroatoms. The predicted molar refractivity (Wildman–Crippen MR) is 124 cm³/mol. The van der Waals surface area contributed by atoms with Gasteiger partial charge in [0.15, 0.2) is 0 Å². The number of hydrogen-bond acceptors (Lipinski definition) is 5. The van der Waals surface area contributed by atoms with E-state index in [0.29, 0.717) is 6.54 Å². The summed E-state index contributed by atoms with van der Waals surface area (Å²) in [6.45, 7) is 0.883. The number of thiophene rings is 1. The van der Waals surface area contributed by atoms with Gasteiger partial charge in [0.2, 0.25) is 5.91 Å². The summed E-state index contributed by atoms with van der Waals surface area (Å²) in [6.07, 6.45) is 1.81. The van der Waals surface area contributed by atoms with Crippen molar-refractivity contribution < 1.29 is 18.7 Å². The monoisotopic (exact) mass is 454 g/mol. The number of carbonyl (C=O) groups is 1. The summed E-state index contributed by atoms with van der Waals surface area (Å²) in [5, 5.41) is 5.40. The Bertz CT molecular complexity index is 1040. The Morgan fingerprint density at radius 2 is 2.00 bits per heavy atom. The molecular formula is C25H27FN2O3S. The van der Waals surface area contributed by atoms with Crippen LogP contribution in [0.3, 0.4) is 0 Å². The Labute approximate surface area is 191 Å². The third kappa shape index (κ3) is 4.79. The lowest BCUT2D eigenvalue weighted by Crippen LogP contribution is -2.39. The Balaban J connectivity index is 1.52. The van der Waals surface area contributed by atoms with Crippen LogP contribution in [0.4, 0.5) is 4.39 Å². The van der Waals surface area contributed by atoms with Gasteiger partial charge in [-0.15, -0.1) is 11.3 Å². The van der Waals surface area contributed by atoms with Crippen molar-refractivity contribution >= 4 is 17.2 Å². The fourth-order valence-corrected chi connectivity index (χ4v) is 5.10. The SMILES string of the molecule is COc1ccc(OC)c([C@H]2CCCN2C(=O)CN[C@@H](c2ccc(F)cc2)c2cccs2)c1. The summed E-state index contributed by atoms with van der Waals surface area (Å²) < 4.78 is 24.4. The molecule has 4 rings (SSSR count). The number of rotatable bonds is 8. The van der Waals surface area contributed by atoms with Gasteiger partial charge in [-0.1, -0.05) is 18.2 Å². The molecule has 1 fully saturated rings. The van der Waals surface area contributed by atoms with Crippen LogP contribution in [0.15, 0.2) is 60.0 Å². The van der Waals surface area contributed by atoms with Crippen LogP contribution in [0.25, 0.3) is 0 Å². The molecule has 0 bridgehead atoms. The van der Waals surface area contributed by atoms with Crippen LogP contribution in [0, 0.1) is 5.82 Å². The van der Waals surface area contributed by atoms with Crippen molar-refractivity contribution in [1.82, 2.24) is 10.2 Å². The molecule has 0 aliphatic carbocycles. The summed E-state index contributed by atoms with van der Waals surface area (Å²) in [5.74, 6) is 1.25. The molecule has 1 aliphatic heterocycles. The van der Waals surface area contributed by atoms with Crippen LogP contribution in [0.2, 0.25) is 0 Å². The summed E-state index contributed by atoms with van der Waals surface area (Å²) in [7, 11) is 3.27. The molecular weight excluding hydrogens is 427 g/mol. The van der Waals surface area contributed by atoms with E-state index in [2.05, 4.69) is 5.32 Å². The highest BCUT2D eigenvalue weighted by Gasteiger charge is 2.32. The van der Waals surface area contributed by atoms with Crippen molar-refractivity contribution in [3.05, 3.63) is 81.8 Å². The molecule has 0 saturated carbocycles. The van der Waals surface area contributed by atoms with Gasteiger partial charge in [-0.2, -0.15) is 0 Å². The second kappa shape index (κ2) is 10.1. The van der Waals surface area contributed by atoms with E-state index in [1.54, 1.807) is 37.7 Å². The number of ether oxygens (including phenoxy) is 2. The predicted octanol–water partition coefficient (Wildman–Crippen LogP) is 4.95. The Morgan fingerprint density at radius 1 is 1.19 bits per heavy atom. The number of carbonyl (C=O) groups excluding carboxylic acids is 1. The maximum Gasteiger partial charge on any atom is 0.237 e. The molecule has 1 N–H and O–H groups in total. The highest BCUT2D eigenvalue weighted by molar-refractivity contribution is 7.10. The smallest absolute Gasteiger partial charge is 0.237 e. The highest BCUT2D eigenvalue weighted by atomic mass is 32.1. The number of benzene rings is 2. The normalized spacial score (nSPS) is 16.7. The maximum atomic E-state index is 13.4. The van der Waals surface area contributed by atoms with E-state index in [4.69, 9.17) is 9.47 Å². The molecule has 1 aromatic heterocycles. The topological polar surface area (TPSA) is 50.8 Å². The molecule has 3 aromatic rings. The first kappa shape index (κ1) is 22.3. The standard InChI is InChI=1S/C25H27FN2O3S/c1-30-19-11-12-22(31-2)20(15-19)21-5-3-13-28(21)24(29)16-27-25(23-6-4-14-32-23)17-7-9-18(26)10-8-17/h4,6-12,14-15,21,25,27H,3,5,13,16H2,1-2H3/t21-,25+/m1/s1. The van der Waals surface area contributed by atoms with E-state index in [0.717, 1.165) is 40.3 Å². The Morgan fingerprint density at radius 3 is 2.69 bits per heavy atom. The third-order valence-corrected chi connectivity index (χ3v) is 6.79. The maximum absolute atomic E-state index is 13.4. The zero-order valence-corrected chi connectivity index (χ0v) is 19.0.